The van der Waals surface area contributed by atoms with Gasteiger partial charge in [0.1, 0.15) is 5.54 Å². The van der Waals surface area contributed by atoms with E-state index in [1.165, 1.54) is 4.90 Å². The Balaban J connectivity index is 2.39. The van der Waals surface area contributed by atoms with E-state index in [1.807, 2.05) is 26.0 Å². The smallest absolute Gasteiger partial charge is 0.329 e. The summed E-state index contributed by atoms with van der Waals surface area (Å²) in [4.78, 5) is 25.5. The van der Waals surface area contributed by atoms with E-state index >= 15 is 0 Å². The number of aliphatic carboxylic acids is 1. The molecule has 0 bridgehead atoms. The molecule has 1 unspecified atom stereocenters. The molecule has 1 aliphatic rings. The molecule has 1 N–H and O–H groups in total. The Morgan fingerprint density at radius 3 is 2.63 bits per heavy atom. The number of carboxylic acid groups (broad SMARTS) is 1. The number of aryl methyl sites for hydroxylation is 1. The average Bonchev–Trinajstić information content (AvgIpc) is 2.75. The van der Waals surface area contributed by atoms with E-state index in [2.05, 4.69) is 0 Å². The van der Waals surface area contributed by atoms with Crippen molar-refractivity contribution in [2.24, 2.45) is 0 Å². The van der Waals surface area contributed by atoms with Crippen molar-refractivity contribution in [1.29, 1.82) is 0 Å². The zero-order valence-electron chi connectivity index (χ0n) is 11.6. The lowest BCUT2D eigenvalue weighted by Crippen LogP contribution is -2.50. The van der Waals surface area contributed by atoms with Gasteiger partial charge in [-0.15, -0.1) is 0 Å². The second-order valence-electron chi connectivity index (χ2n) is 5.39. The van der Waals surface area contributed by atoms with Crippen LogP contribution in [-0.4, -0.2) is 34.0 Å². The number of carboxylic acids is 1. The van der Waals surface area contributed by atoms with Crippen LogP contribution in [0.25, 0.3) is 0 Å². The summed E-state index contributed by atoms with van der Waals surface area (Å²) in [6.07, 6.45) is 1.25. The fraction of sp³-hybridized carbons (Fsp3) is 0.467. The molecule has 0 aliphatic carbocycles. The maximum Gasteiger partial charge on any atom is 0.329 e. The number of carbonyl (C=O) groups is 2. The molecule has 0 aromatic heterocycles. The van der Waals surface area contributed by atoms with Crippen molar-refractivity contribution in [3.63, 3.8) is 0 Å². The molecular weight excluding hydrogens is 242 g/mol. The quantitative estimate of drug-likeness (QED) is 0.889. The standard InChI is InChI=1S/C15H19NO3/c1-10-6-4-7-12(11(10)2)13(17)16-9-5-8-15(16,3)14(18)19/h4,6-7H,5,8-9H2,1-3H3,(H,18,19). The molecule has 0 radical (unpaired) electrons. The summed E-state index contributed by atoms with van der Waals surface area (Å²) in [5.41, 5.74) is 1.50. The first-order valence-electron chi connectivity index (χ1n) is 6.49. The summed E-state index contributed by atoms with van der Waals surface area (Å²) in [5, 5.41) is 9.37. The van der Waals surface area contributed by atoms with Gasteiger partial charge in [-0.05, 0) is 50.8 Å². The van der Waals surface area contributed by atoms with Crippen LogP contribution in [0.15, 0.2) is 18.2 Å². The van der Waals surface area contributed by atoms with Crippen molar-refractivity contribution in [3.8, 4) is 0 Å². The van der Waals surface area contributed by atoms with Gasteiger partial charge in [0.2, 0.25) is 0 Å². The van der Waals surface area contributed by atoms with Gasteiger partial charge in [-0.3, -0.25) is 4.79 Å². The van der Waals surface area contributed by atoms with Crippen LogP contribution in [0.2, 0.25) is 0 Å². The number of hydrogen-bond donors (Lipinski definition) is 1. The molecule has 4 nitrogen and oxygen atoms in total. The molecule has 1 atom stereocenters. The maximum atomic E-state index is 12.6. The molecule has 0 spiro atoms. The number of hydrogen-bond acceptors (Lipinski definition) is 2. The fourth-order valence-electron chi connectivity index (χ4n) is 2.64. The molecule has 1 saturated heterocycles. The highest BCUT2D eigenvalue weighted by molar-refractivity contribution is 5.99. The van der Waals surface area contributed by atoms with Gasteiger partial charge in [0.05, 0.1) is 0 Å². The first-order valence-corrected chi connectivity index (χ1v) is 6.49. The largest absolute Gasteiger partial charge is 0.480 e. The molecule has 4 heteroatoms. The summed E-state index contributed by atoms with van der Waals surface area (Å²) in [7, 11) is 0. The summed E-state index contributed by atoms with van der Waals surface area (Å²) < 4.78 is 0. The minimum Gasteiger partial charge on any atom is -0.480 e. The van der Waals surface area contributed by atoms with E-state index in [4.69, 9.17) is 0 Å². The van der Waals surface area contributed by atoms with Crippen LogP contribution in [0.4, 0.5) is 0 Å². The SMILES string of the molecule is Cc1cccc(C(=O)N2CCCC2(C)C(=O)O)c1C. The van der Waals surface area contributed by atoms with E-state index < -0.39 is 11.5 Å². The molecule has 19 heavy (non-hydrogen) atoms. The summed E-state index contributed by atoms with van der Waals surface area (Å²) >= 11 is 0. The number of likely N-dealkylation sites (tertiary alicyclic amines) is 1. The number of benzene rings is 1. The Bertz CT molecular complexity index is 538. The molecule has 2 rings (SSSR count). The predicted molar refractivity (Wildman–Crippen MR) is 72.2 cm³/mol. The topological polar surface area (TPSA) is 57.6 Å². The third-order valence-corrected chi connectivity index (χ3v) is 4.18. The highest BCUT2D eigenvalue weighted by atomic mass is 16.4. The third kappa shape index (κ3) is 2.11. The lowest BCUT2D eigenvalue weighted by Gasteiger charge is -2.31. The minimum absolute atomic E-state index is 0.177. The zero-order chi connectivity index (χ0) is 14.2. The Kier molecular flexibility index (Phi) is 3.35. The van der Waals surface area contributed by atoms with Crippen molar-refractivity contribution in [2.45, 2.75) is 39.2 Å². The Morgan fingerprint density at radius 1 is 1.32 bits per heavy atom. The van der Waals surface area contributed by atoms with Gasteiger partial charge in [0, 0.05) is 12.1 Å². The number of amides is 1. The summed E-state index contributed by atoms with van der Waals surface area (Å²) in [5.74, 6) is -1.10. The minimum atomic E-state index is -1.08. The maximum absolute atomic E-state index is 12.6. The Hall–Kier alpha value is -1.84. The van der Waals surface area contributed by atoms with Gasteiger partial charge < -0.3 is 10.0 Å². The number of carbonyl (C=O) groups excluding carboxylic acids is 1. The molecule has 1 heterocycles. The highest BCUT2D eigenvalue weighted by Gasteiger charge is 2.46. The van der Waals surface area contributed by atoms with Crippen LogP contribution in [0.5, 0.6) is 0 Å². The van der Waals surface area contributed by atoms with E-state index in [9.17, 15) is 14.7 Å². The summed E-state index contributed by atoms with van der Waals surface area (Å²) in [6.45, 7) is 5.99. The molecule has 1 amide bonds. The normalized spacial score (nSPS) is 22.6. The van der Waals surface area contributed by atoms with E-state index in [-0.39, 0.29) is 5.91 Å². The van der Waals surface area contributed by atoms with Crippen LogP contribution in [0.3, 0.4) is 0 Å². The van der Waals surface area contributed by atoms with Crippen LogP contribution < -0.4 is 0 Å². The van der Waals surface area contributed by atoms with Gasteiger partial charge >= 0.3 is 5.97 Å². The van der Waals surface area contributed by atoms with E-state index in [0.29, 0.717) is 18.5 Å². The van der Waals surface area contributed by atoms with Crippen molar-refractivity contribution < 1.29 is 14.7 Å². The summed E-state index contributed by atoms with van der Waals surface area (Å²) in [6, 6.07) is 5.56. The molecule has 0 saturated carbocycles. The van der Waals surface area contributed by atoms with Crippen LogP contribution in [0.1, 0.15) is 41.3 Å². The van der Waals surface area contributed by atoms with E-state index in [0.717, 1.165) is 17.5 Å². The van der Waals surface area contributed by atoms with Crippen molar-refractivity contribution in [1.82, 2.24) is 4.90 Å². The first-order chi connectivity index (χ1) is 8.88. The van der Waals surface area contributed by atoms with Crippen LogP contribution >= 0.6 is 0 Å². The zero-order valence-corrected chi connectivity index (χ0v) is 11.6. The fourth-order valence-corrected chi connectivity index (χ4v) is 2.64. The van der Waals surface area contributed by atoms with Gasteiger partial charge in [-0.25, -0.2) is 4.79 Å². The Morgan fingerprint density at radius 2 is 2.00 bits per heavy atom. The number of nitrogens with zero attached hydrogens (tertiary/aromatic N) is 1. The Labute approximate surface area is 113 Å². The molecule has 1 aliphatic heterocycles. The molecular formula is C15H19NO3. The second kappa shape index (κ2) is 4.68. The van der Waals surface area contributed by atoms with Gasteiger partial charge in [-0.1, -0.05) is 12.1 Å². The van der Waals surface area contributed by atoms with Gasteiger partial charge in [-0.2, -0.15) is 0 Å². The molecule has 1 fully saturated rings. The van der Waals surface area contributed by atoms with Crippen molar-refractivity contribution >= 4 is 11.9 Å². The highest BCUT2D eigenvalue weighted by Crippen LogP contribution is 2.31. The van der Waals surface area contributed by atoms with E-state index in [1.54, 1.807) is 13.0 Å². The third-order valence-electron chi connectivity index (χ3n) is 4.18. The lowest BCUT2D eigenvalue weighted by atomic mass is 9.97. The second-order valence-corrected chi connectivity index (χ2v) is 5.39. The number of rotatable bonds is 2. The predicted octanol–water partition coefficient (Wildman–Crippen LogP) is 2.38. The van der Waals surface area contributed by atoms with Crippen molar-refractivity contribution in [2.75, 3.05) is 6.54 Å². The van der Waals surface area contributed by atoms with Gasteiger partial charge in [0.15, 0.2) is 0 Å². The lowest BCUT2D eigenvalue weighted by molar-refractivity contribution is -0.147. The molecule has 102 valence electrons. The van der Waals surface area contributed by atoms with Crippen LogP contribution in [0, 0.1) is 13.8 Å². The van der Waals surface area contributed by atoms with Crippen molar-refractivity contribution in [3.05, 3.63) is 34.9 Å². The molecule has 1 aromatic rings. The molecule has 1 aromatic carbocycles. The van der Waals surface area contributed by atoms with Gasteiger partial charge in [0.25, 0.3) is 5.91 Å². The van der Waals surface area contributed by atoms with Crippen LogP contribution in [-0.2, 0) is 4.79 Å². The first kappa shape index (κ1) is 13.6. The monoisotopic (exact) mass is 261 g/mol. The average molecular weight is 261 g/mol.